The predicted molar refractivity (Wildman–Crippen MR) is 123 cm³/mol. The van der Waals surface area contributed by atoms with Gasteiger partial charge in [-0.15, -0.1) is 0 Å². The van der Waals surface area contributed by atoms with Crippen LogP contribution in [-0.4, -0.2) is 70.4 Å². The number of nitrogens with zero attached hydrogens (tertiary/aromatic N) is 2. The number of piperidine rings is 2. The van der Waals surface area contributed by atoms with Crippen molar-refractivity contribution in [3.63, 3.8) is 0 Å². The van der Waals surface area contributed by atoms with Crippen molar-refractivity contribution in [2.45, 2.75) is 64.0 Å². The molecule has 1 amide bonds. The largest absolute Gasteiger partial charge is 0.444 e. The van der Waals surface area contributed by atoms with Crippen molar-refractivity contribution in [1.82, 2.24) is 14.8 Å². The maximum Gasteiger partial charge on any atom is 0.410 e. The quantitative estimate of drug-likeness (QED) is 0.761. The molecule has 0 unspecified atom stereocenters. The summed E-state index contributed by atoms with van der Waals surface area (Å²) in [6.07, 6.45) is 6.05. The van der Waals surface area contributed by atoms with Gasteiger partial charge in [0, 0.05) is 36.2 Å². The van der Waals surface area contributed by atoms with Crippen LogP contribution in [0.4, 0.5) is 4.79 Å². The Morgan fingerprint density at radius 1 is 1.13 bits per heavy atom. The number of hydrogen-bond acceptors (Lipinski definition) is 4. The maximum atomic E-state index is 12.3. The topological polar surface area (TPSA) is 68.8 Å². The summed E-state index contributed by atoms with van der Waals surface area (Å²) in [4.78, 5) is 20.1. The zero-order valence-corrected chi connectivity index (χ0v) is 19.1. The van der Waals surface area contributed by atoms with E-state index in [2.05, 4.69) is 40.3 Å². The highest BCUT2D eigenvalue weighted by Crippen LogP contribution is 2.35. The third kappa shape index (κ3) is 5.07. The van der Waals surface area contributed by atoms with Crippen molar-refractivity contribution in [3.05, 3.63) is 36.0 Å². The number of rotatable bonds is 4. The molecule has 1 atom stereocenters. The summed E-state index contributed by atoms with van der Waals surface area (Å²) in [5.41, 5.74) is 2.18. The number of carbonyl (C=O) groups is 1. The van der Waals surface area contributed by atoms with Gasteiger partial charge in [-0.25, -0.2) is 4.79 Å². The molecule has 0 spiro atoms. The number of aliphatic hydroxyl groups excluding tert-OH is 1. The Bertz CT molecular complexity index is 872. The predicted octanol–water partition coefficient (Wildman–Crippen LogP) is 4.36. The van der Waals surface area contributed by atoms with Crippen LogP contribution >= 0.6 is 0 Å². The number of benzene rings is 1. The maximum absolute atomic E-state index is 12.3. The minimum absolute atomic E-state index is 0.185. The van der Waals surface area contributed by atoms with Gasteiger partial charge in [0.2, 0.25) is 0 Å². The van der Waals surface area contributed by atoms with Crippen LogP contribution in [-0.2, 0) is 4.74 Å². The standard InChI is InChI=1S/C25H37N3O3/c1-25(2,3)31-24(30)28-14-10-19(11-15-28)23(17-29)27-12-8-18(9-13-27)21-16-26-22-7-5-4-6-20(21)22/h4-7,16,18-19,23,26,29H,8-15,17H2,1-3H3/t23-/m0/s1. The second-order valence-electron chi connectivity index (χ2n) is 10.2. The van der Waals surface area contributed by atoms with Gasteiger partial charge in [-0.1, -0.05) is 18.2 Å². The van der Waals surface area contributed by atoms with E-state index in [1.807, 2.05) is 25.7 Å². The van der Waals surface area contributed by atoms with Crippen molar-refractivity contribution in [2.24, 2.45) is 5.92 Å². The number of H-pyrrole nitrogens is 1. The van der Waals surface area contributed by atoms with Crippen molar-refractivity contribution in [3.8, 4) is 0 Å². The van der Waals surface area contributed by atoms with Crippen LogP contribution in [0.1, 0.15) is 57.9 Å². The van der Waals surface area contributed by atoms with Gasteiger partial charge in [0.25, 0.3) is 0 Å². The molecule has 31 heavy (non-hydrogen) atoms. The number of carbonyl (C=O) groups excluding carboxylic acids is 1. The second kappa shape index (κ2) is 9.21. The average Bonchev–Trinajstić information content (AvgIpc) is 3.18. The van der Waals surface area contributed by atoms with E-state index in [0.29, 0.717) is 24.9 Å². The molecule has 0 aliphatic carbocycles. The third-order valence-corrected chi connectivity index (χ3v) is 6.98. The summed E-state index contributed by atoms with van der Waals surface area (Å²) in [5, 5.41) is 11.5. The minimum Gasteiger partial charge on any atom is -0.444 e. The first kappa shape index (κ1) is 22.2. The average molecular weight is 428 g/mol. The minimum atomic E-state index is -0.462. The number of aromatic amines is 1. The van der Waals surface area contributed by atoms with E-state index >= 15 is 0 Å². The zero-order chi connectivity index (χ0) is 22.0. The Morgan fingerprint density at radius 2 is 1.81 bits per heavy atom. The van der Waals surface area contributed by atoms with Crippen LogP contribution in [0.2, 0.25) is 0 Å². The Kier molecular flexibility index (Phi) is 6.58. The molecule has 6 heteroatoms. The first-order chi connectivity index (χ1) is 14.9. The van der Waals surface area contributed by atoms with E-state index in [4.69, 9.17) is 4.74 Å². The number of amides is 1. The number of para-hydroxylation sites is 1. The zero-order valence-electron chi connectivity index (χ0n) is 19.1. The molecule has 2 saturated heterocycles. The highest BCUT2D eigenvalue weighted by atomic mass is 16.6. The third-order valence-electron chi connectivity index (χ3n) is 6.98. The molecule has 2 aromatic rings. The summed E-state index contributed by atoms with van der Waals surface area (Å²) in [5.74, 6) is 0.995. The van der Waals surface area contributed by atoms with Gasteiger partial charge in [0.1, 0.15) is 5.60 Å². The summed E-state index contributed by atoms with van der Waals surface area (Å²) >= 11 is 0. The molecule has 0 saturated carbocycles. The van der Waals surface area contributed by atoms with Crippen molar-refractivity contribution in [1.29, 1.82) is 0 Å². The van der Waals surface area contributed by atoms with E-state index < -0.39 is 5.60 Å². The molecule has 2 fully saturated rings. The van der Waals surface area contributed by atoms with E-state index in [0.717, 1.165) is 38.8 Å². The van der Waals surface area contributed by atoms with Crippen LogP contribution < -0.4 is 0 Å². The van der Waals surface area contributed by atoms with Crippen LogP contribution in [0.5, 0.6) is 0 Å². The van der Waals surface area contributed by atoms with Gasteiger partial charge in [-0.2, -0.15) is 0 Å². The number of likely N-dealkylation sites (tertiary alicyclic amines) is 2. The molecular formula is C25H37N3O3. The van der Waals surface area contributed by atoms with Crippen molar-refractivity contribution < 1.29 is 14.6 Å². The molecule has 170 valence electrons. The Hall–Kier alpha value is -2.05. The highest BCUT2D eigenvalue weighted by Gasteiger charge is 2.35. The highest BCUT2D eigenvalue weighted by molar-refractivity contribution is 5.83. The first-order valence-corrected chi connectivity index (χ1v) is 11.7. The fourth-order valence-corrected chi connectivity index (χ4v) is 5.33. The summed E-state index contributed by atoms with van der Waals surface area (Å²) in [6.45, 7) is 9.35. The Morgan fingerprint density at radius 3 is 2.45 bits per heavy atom. The van der Waals surface area contributed by atoms with Crippen LogP contribution in [0.25, 0.3) is 10.9 Å². The van der Waals surface area contributed by atoms with Crippen molar-refractivity contribution >= 4 is 17.0 Å². The first-order valence-electron chi connectivity index (χ1n) is 11.7. The molecule has 3 heterocycles. The van der Waals surface area contributed by atoms with E-state index in [-0.39, 0.29) is 18.7 Å². The lowest BCUT2D eigenvalue weighted by molar-refractivity contribution is 0.00468. The monoisotopic (exact) mass is 427 g/mol. The molecular weight excluding hydrogens is 390 g/mol. The Balaban J connectivity index is 1.31. The molecule has 0 radical (unpaired) electrons. The number of hydrogen-bond donors (Lipinski definition) is 2. The van der Waals surface area contributed by atoms with Gasteiger partial charge < -0.3 is 19.7 Å². The number of aliphatic hydroxyl groups is 1. The number of aromatic nitrogens is 1. The Labute approximate surface area is 185 Å². The van der Waals surface area contributed by atoms with Gasteiger partial charge >= 0.3 is 6.09 Å². The van der Waals surface area contributed by atoms with Gasteiger partial charge in [-0.05, 0) is 83.0 Å². The summed E-state index contributed by atoms with van der Waals surface area (Å²) < 4.78 is 5.52. The van der Waals surface area contributed by atoms with Gasteiger partial charge in [0.05, 0.1) is 6.61 Å². The molecule has 1 aromatic carbocycles. The molecule has 1 aromatic heterocycles. The van der Waals surface area contributed by atoms with E-state index in [1.165, 1.54) is 16.5 Å². The van der Waals surface area contributed by atoms with Crippen LogP contribution in [0, 0.1) is 5.92 Å². The van der Waals surface area contributed by atoms with Crippen LogP contribution in [0.15, 0.2) is 30.5 Å². The normalized spacial score (nSPS) is 20.8. The second-order valence-corrected chi connectivity index (χ2v) is 10.2. The van der Waals surface area contributed by atoms with Crippen molar-refractivity contribution in [2.75, 3.05) is 32.8 Å². The molecule has 2 N–H and O–H groups in total. The SMILES string of the molecule is CC(C)(C)OC(=O)N1CCC([C@H](CO)N2CCC(c3c[nH]c4ccccc34)CC2)CC1. The van der Waals surface area contributed by atoms with Crippen LogP contribution in [0.3, 0.4) is 0 Å². The smallest absolute Gasteiger partial charge is 0.410 e. The number of nitrogens with one attached hydrogen (secondary N) is 1. The lowest BCUT2D eigenvalue weighted by atomic mass is 9.85. The molecule has 2 aliphatic rings. The van der Waals surface area contributed by atoms with Gasteiger partial charge in [0.15, 0.2) is 0 Å². The summed E-state index contributed by atoms with van der Waals surface area (Å²) in [6, 6.07) is 8.72. The molecule has 0 bridgehead atoms. The number of fused-ring (bicyclic) bond motifs is 1. The molecule has 2 aliphatic heterocycles. The summed E-state index contributed by atoms with van der Waals surface area (Å²) in [7, 11) is 0. The lowest BCUT2D eigenvalue weighted by Crippen LogP contribution is -2.51. The molecule has 6 nitrogen and oxygen atoms in total. The fraction of sp³-hybridized carbons (Fsp3) is 0.640. The number of ether oxygens (including phenoxy) is 1. The fourth-order valence-electron chi connectivity index (χ4n) is 5.33. The van der Waals surface area contributed by atoms with E-state index in [1.54, 1.807) is 0 Å². The van der Waals surface area contributed by atoms with Gasteiger partial charge in [-0.3, -0.25) is 4.90 Å². The lowest BCUT2D eigenvalue weighted by Gasteiger charge is -2.43. The molecule has 4 rings (SSSR count). The van der Waals surface area contributed by atoms with E-state index in [9.17, 15) is 9.90 Å².